The average Bonchev–Trinajstić information content (AvgIpc) is 3.05. The minimum atomic E-state index is -5.29. The van der Waals surface area contributed by atoms with Gasteiger partial charge in [-0.3, -0.25) is 4.79 Å². The lowest BCUT2D eigenvalue weighted by Gasteiger charge is -2.30. The number of H-pyrrole nitrogens is 1. The summed E-state index contributed by atoms with van der Waals surface area (Å²) >= 11 is 17.3. The van der Waals surface area contributed by atoms with E-state index < -0.39 is 29.5 Å². The van der Waals surface area contributed by atoms with E-state index in [2.05, 4.69) is 4.98 Å². The van der Waals surface area contributed by atoms with Crippen molar-refractivity contribution >= 4 is 51.5 Å². The van der Waals surface area contributed by atoms with Crippen LogP contribution in [0.2, 0.25) is 15.1 Å². The van der Waals surface area contributed by atoms with Gasteiger partial charge in [0.05, 0.1) is 15.1 Å². The van der Waals surface area contributed by atoms with E-state index in [1.165, 1.54) is 6.07 Å². The van der Waals surface area contributed by atoms with Gasteiger partial charge in [0.1, 0.15) is 0 Å². The fraction of sp³-hybridized carbons (Fsp3) is 0.167. The molecular formula is C18H11Cl3F3NO2. The lowest BCUT2D eigenvalue weighted by Crippen LogP contribution is -2.50. The number of halogens is 6. The van der Waals surface area contributed by atoms with E-state index in [4.69, 9.17) is 34.8 Å². The van der Waals surface area contributed by atoms with Crippen molar-refractivity contribution in [2.75, 3.05) is 0 Å². The van der Waals surface area contributed by atoms with Crippen LogP contribution in [-0.4, -0.2) is 22.1 Å². The van der Waals surface area contributed by atoms with E-state index in [0.717, 1.165) is 23.0 Å². The molecule has 27 heavy (non-hydrogen) atoms. The van der Waals surface area contributed by atoms with E-state index >= 15 is 0 Å². The summed E-state index contributed by atoms with van der Waals surface area (Å²) in [6.45, 7) is 0. The number of fused-ring (bicyclic) bond motifs is 1. The Morgan fingerprint density at radius 2 is 1.67 bits per heavy atom. The summed E-state index contributed by atoms with van der Waals surface area (Å²) < 4.78 is 41.1. The van der Waals surface area contributed by atoms with Gasteiger partial charge in [0.2, 0.25) is 5.60 Å². The molecule has 1 heterocycles. The first kappa shape index (κ1) is 20.0. The summed E-state index contributed by atoms with van der Waals surface area (Å²) in [5, 5.41) is 10.4. The molecule has 1 unspecified atom stereocenters. The van der Waals surface area contributed by atoms with Crippen LogP contribution in [0.1, 0.15) is 11.1 Å². The summed E-state index contributed by atoms with van der Waals surface area (Å²) in [6, 6.07) is 8.02. The number of benzene rings is 2. The van der Waals surface area contributed by atoms with Crippen LogP contribution in [0.25, 0.3) is 10.9 Å². The Bertz CT molecular complexity index is 1010. The van der Waals surface area contributed by atoms with Gasteiger partial charge in [-0.2, -0.15) is 13.2 Å². The highest BCUT2D eigenvalue weighted by atomic mass is 35.5. The predicted octanol–water partition coefficient (Wildman–Crippen LogP) is 5.69. The Kier molecular flexibility index (Phi) is 5.20. The van der Waals surface area contributed by atoms with Gasteiger partial charge in [0, 0.05) is 23.7 Å². The number of carbonyl (C=O) groups is 1. The molecule has 3 rings (SSSR count). The Hall–Kier alpha value is -1.73. The van der Waals surface area contributed by atoms with Crippen molar-refractivity contribution in [3.05, 3.63) is 68.8 Å². The summed E-state index contributed by atoms with van der Waals surface area (Å²) in [7, 11) is 0. The third-order valence-corrected chi connectivity index (χ3v) is 5.39. The van der Waals surface area contributed by atoms with Gasteiger partial charge < -0.3 is 10.1 Å². The second-order valence-electron chi connectivity index (χ2n) is 5.96. The molecule has 0 aliphatic heterocycles. The van der Waals surface area contributed by atoms with Crippen LogP contribution in [0, 0.1) is 0 Å². The van der Waals surface area contributed by atoms with Crippen LogP contribution in [0.15, 0.2) is 42.6 Å². The Morgan fingerprint density at radius 3 is 2.26 bits per heavy atom. The monoisotopic (exact) mass is 435 g/mol. The molecule has 0 saturated carbocycles. The zero-order chi connectivity index (χ0) is 20.0. The summed E-state index contributed by atoms with van der Waals surface area (Å²) in [5.41, 5.74) is -3.48. The molecule has 3 aromatic rings. The fourth-order valence-electron chi connectivity index (χ4n) is 2.77. The zero-order valence-corrected chi connectivity index (χ0v) is 15.6. The molecule has 2 N–H and O–H groups in total. The third-order valence-electron chi connectivity index (χ3n) is 4.20. The maximum Gasteiger partial charge on any atom is 0.428 e. The highest BCUT2D eigenvalue weighted by Gasteiger charge is 2.60. The van der Waals surface area contributed by atoms with Gasteiger partial charge in [-0.05, 0) is 41.3 Å². The number of carbonyl (C=O) groups excluding carboxylic acids is 1. The van der Waals surface area contributed by atoms with Crippen LogP contribution >= 0.6 is 34.8 Å². The normalized spacial score (nSPS) is 14.3. The van der Waals surface area contributed by atoms with Crippen molar-refractivity contribution in [2.24, 2.45) is 0 Å². The van der Waals surface area contributed by atoms with Crippen LogP contribution in [0.5, 0.6) is 0 Å². The van der Waals surface area contributed by atoms with Crippen LogP contribution < -0.4 is 0 Å². The van der Waals surface area contributed by atoms with Gasteiger partial charge in [0.15, 0.2) is 5.78 Å². The molecule has 0 amide bonds. The number of hydrogen-bond acceptors (Lipinski definition) is 2. The summed E-state index contributed by atoms with van der Waals surface area (Å²) in [5.74, 6) is -1.46. The number of rotatable bonds is 4. The average molecular weight is 437 g/mol. The van der Waals surface area contributed by atoms with Crippen LogP contribution in [0.3, 0.4) is 0 Å². The molecule has 1 aromatic heterocycles. The quantitative estimate of drug-likeness (QED) is 0.516. The molecule has 1 atom stereocenters. The minimum absolute atomic E-state index is 0.169. The predicted molar refractivity (Wildman–Crippen MR) is 98.4 cm³/mol. The molecule has 0 bridgehead atoms. The van der Waals surface area contributed by atoms with Crippen molar-refractivity contribution in [1.29, 1.82) is 0 Å². The summed E-state index contributed by atoms with van der Waals surface area (Å²) in [4.78, 5) is 15.5. The van der Waals surface area contributed by atoms with Crippen molar-refractivity contribution < 1.29 is 23.1 Å². The van der Waals surface area contributed by atoms with Gasteiger partial charge in [0.25, 0.3) is 0 Å². The van der Waals surface area contributed by atoms with Crippen molar-refractivity contribution in [3.63, 3.8) is 0 Å². The lowest BCUT2D eigenvalue weighted by molar-refractivity contribution is -0.255. The summed E-state index contributed by atoms with van der Waals surface area (Å²) in [6.07, 6.45) is -4.27. The molecule has 0 aliphatic rings. The van der Waals surface area contributed by atoms with Gasteiger partial charge >= 0.3 is 6.18 Å². The van der Waals surface area contributed by atoms with Crippen molar-refractivity contribution in [1.82, 2.24) is 4.98 Å². The number of aromatic nitrogens is 1. The second-order valence-corrected chi connectivity index (χ2v) is 7.15. The van der Waals surface area contributed by atoms with Crippen LogP contribution in [0.4, 0.5) is 13.2 Å². The molecule has 0 saturated heterocycles. The van der Waals surface area contributed by atoms with E-state index in [1.54, 1.807) is 24.4 Å². The SMILES string of the molecule is O=C(Cc1ccc2[nH]ccc2c1)C(O)(c1cc(Cl)c(Cl)c(Cl)c1)C(F)(F)F. The molecule has 9 heteroatoms. The Labute approximate surface area is 166 Å². The maximum atomic E-state index is 13.7. The van der Waals surface area contributed by atoms with E-state index in [1.807, 2.05) is 0 Å². The van der Waals surface area contributed by atoms with Crippen LogP contribution in [-0.2, 0) is 16.8 Å². The maximum absolute atomic E-state index is 13.7. The first-order chi connectivity index (χ1) is 12.5. The number of hydrogen-bond donors (Lipinski definition) is 2. The standard InChI is InChI=1S/C18H11Cl3F3NO2/c19-12-7-11(8-13(20)16(12)21)17(27,18(22,23)24)15(26)6-9-1-2-14-10(5-9)3-4-25-14/h1-5,7-8,25,27H,6H2. The van der Waals surface area contributed by atoms with E-state index in [9.17, 15) is 23.1 Å². The highest BCUT2D eigenvalue weighted by molar-refractivity contribution is 6.48. The molecule has 0 aliphatic carbocycles. The number of aliphatic hydroxyl groups is 1. The molecule has 3 nitrogen and oxygen atoms in total. The fourth-order valence-corrected chi connectivity index (χ4v) is 3.37. The topological polar surface area (TPSA) is 53.1 Å². The first-order valence-electron chi connectivity index (χ1n) is 7.57. The first-order valence-corrected chi connectivity index (χ1v) is 8.71. The molecule has 142 valence electrons. The minimum Gasteiger partial charge on any atom is -0.370 e. The number of ketones is 1. The highest BCUT2D eigenvalue weighted by Crippen LogP contribution is 2.44. The number of nitrogens with one attached hydrogen (secondary N) is 1. The lowest BCUT2D eigenvalue weighted by atomic mass is 9.85. The zero-order valence-electron chi connectivity index (χ0n) is 13.4. The molecule has 2 aromatic carbocycles. The Morgan fingerprint density at radius 1 is 1.04 bits per heavy atom. The van der Waals surface area contributed by atoms with E-state index in [0.29, 0.717) is 5.56 Å². The molecular weight excluding hydrogens is 426 g/mol. The van der Waals surface area contributed by atoms with Crippen molar-refractivity contribution in [3.8, 4) is 0 Å². The third kappa shape index (κ3) is 3.55. The number of Topliss-reactive ketones (excluding diaryl/α,β-unsaturated/α-hetero) is 1. The second kappa shape index (κ2) is 7.02. The van der Waals surface area contributed by atoms with Gasteiger partial charge in [-0.15, -0.1) is 0 Å². The number of alkyl halides is 3. The van der Waals surface area contributed by atoms with E-state index in [-0.39, 0.29) is 15.1 Å². The largest absolute Gasteiger partial charge is 0.428 e. The molecule has 0 fully saturated rings. The van der Waals surface area contributed by atoms with Gasteiger partial charge in [-0.25, -0.2) is 0 Å². The Balaban J connectivity index is 2.04. The smallest absolute Gasteiger partial charge is 0.370 e. The van der Waals surface area contributed by atoms with Crippen molar-refractivity contribution in [2.45, 2.75) is 18.2 Å². The molecule has 0 radical (unpaired) electrons. The van der Waals surface area contributed by atoms with Gasteiger partial charge in [-0.1, -0.05) is 40.9 Å². The molecule has 0 spiro atoms. The number of aromatic amines is 1.